The average molecular weight is 373 g/mol. The number of aromatic carboxylic acids is 1. The number of hydrogen-bond acceptors (Lipinski definition) is 4. The third-order valence-electron chi connectivity index (χ3n) is 4.47. The maximum Gasteiger partial charge on any atom is 0.335 e. The summed E-state index contributed by atoms with van der Waals surface area (Å²) in [6.07, 6.45) is 5.36. The number of halogens is 1. The van der Waals surface area contributed by atoms with E-state index in [-0.39, 0.29) is 5.56 Å². The lowest BCUT2D eigenvalue weighted by Gasteiger charge is -2.29. The molecule has 1 heterocycles. The highest BCUT2D eigenvalue weighted by Crippen LogP contribution is 2.29. The Morgan fingerprint density at radius 1 is 1.19 bits per heavy atom. The highest BCUT2D eigenvalue weighted by molar-refractivity contribution is 6.33. The van der Waals surface area contributed by atoms with Gasteiger partial charge in [-0.1, -0.05) is 11.6 Å². The van der Waals surface area contributed by atoms with Gasteiger partial charge >= 0.3 is 5.97 Å². The molecule has 1 aliphatic heterocycles. The lowest BCUT2D eigenvalue weighted by molar-refractivity contribution is 0.0697. The van der Waals surface area contributed by atoms with Crippen molar-refractivity contribution in [2.75, 3.05) is 25.1 Å². The number of carboxylic acid groups (broad SMARTS) is 1. The predicted molar refractivity (Wildman–Crippen MR) is 105 cm³/mol. The lowest BCUT2D eigenvalue weighted by Crippen LogP contribution is -2.29. The second kappa shape index (κ2) is 8.23. The lowest BCUT2D eigenvalue weighted by atomic mass is 10.1. The summed E-state index contributed by atoms with van der Waals surface area (Å²) in [6.45, 7) is 2.13. The quantitative estimate of drug-likeness (QED) is 0.766. The molecular weight excluding hydrogens is 352 g/mol. The zero-order valence-electron chi connectivity index (χ0n) is 14.6. The molecule has 0 atom stereocenters. The van der Waals surface area contributed by atoms with Crippen molar-refractivity contribution in [2.24, 2.45) is 4.99 Å². The number of nitrogens with zero attached hydrogens (tertiary/aromatic N) is 2. The molecule has 0 saturated carbocycles. The first-order chi connectivity index (χ1) is 12.6. The van der Waals surface area contributed by atoms with Crippen LogP contribution < -0.4 is 9.64 Å². The Labute approximate surface area is 157 Å². The van der Waals surface area contributed by atoms with Crippen LogP contribution in [0.5, 0.6) is 5.75 Å². The Morgan fingerprint density at radius 3 is 2.65 bits per heavy atom. The Kier molecular flexibility index (Phi) is 5.78. The maximum absolute atomic E-state index is 11.1. The molecule has 1 N–H and O–H groups in total. The third-order valence-corrected chi connectivity index (χ3v) is 4.79. The molecule has 6 heteroatoms. The number of aliphatic imine (C=N–C) groups is 1. The van der Waals surface area contributed by atoms with Crippen LogP contribution in [-0.2, 0) is 0 Å². The number of anilines is 1. The van der Waals surface area contributed by atoms with E-state index in [1.54, 1.807) is 13.3 Å². The molecule has 0 unspecified atom stereocenters. The smallest absolute Gasteiger partial charge is 0.335 e. The SMILES string of the molecule is COc1cc(N2CCCCC2)ccc1C=Nc1cc(C(=O)O)ccc1Cl. The minimum absolute atomic E-state index is 0.147. The summed E-state index contributed by atoms with van der Waals surface area (Å²) in [7, 11) is 1.63. The van der Waals surface area contributed by atoms with Gasteiger partial charge in [-0.25, -0.2) is 4.79 Å². The van der Waals surface area contributed by atoms with Gasteiger partial charge in [-0.05, 0) is 49.6 Å². The van der Waals surface area contributed by atoms with Crippen molar-refractivity contribution in [1.82, 2.24) is 0 Å². The minimum Gasteiger partial charge on any atom is -0.496 e. The number of benzene rings is 2. The molecule has 2 aromatic carbocycles. The summed E-state index contributed by atoms with van der Waals surface area (Å²) in [5.41, 5.74) is 2.51. The van der Waals surface area contributed by atoms with E-state index in [4.69, 9.17) is 21.4 Å². The monoisotopic (exact) mass is 372 g/mol. The van der Waals surface area contributed by atoms with Crippen molar-refractivity contribution < 1.29 is 14.6 Å². The van der Waals surface area contributed by atoms with Gasteiger partial charge in [-0.2, -0.15) is 0 Å². The summed E-state index contributed by atoms with van der Waals surface area (Å²) in [4.78, 5) is 17.8. The number of carboxylic acids is 1. The summed E-state index contributed by atoms with van der Waals surface area (Å²) in [5.74, 6) is -0.288. The van der Waals surface area contributed by atoms with Crippen LogP contribution in [0.25, 0.3) is 0 Å². The molecule has 3 rings (SSSR count). The van der Waals surface area contributed by atoms with Crippen LogP contribution in [0.3, 0.4) is 0 Å². The molecule has 5 nitrogen and oxygen atoms in total. The van der Waals surface area contributed by atoms with Crippen LogP contribution in [0.4, 0.5) is 11.4 Å². The first-order valence-corrected chi connectivity index (χ1v) is 8.96. The van der Waals surface area contributed by atoms with E-state index in [1.807, 2.05) is 12.1 Å². The molecule has 0 aliphatic carbocycles. The number of rotatable bonds is 5. The molecule has 0 aromatic heterocycles. The Hall–Kier alpha value is -2.53. The zero-order valence-corrected chi connectivity index (χ0v) is 15.4. The van der Waals surface area contributed by atoms with Gasteiger partial charge in [0.15, 0.2) is 0 Å². The molecule has 1 saturated heterocycles. The molecule has 2 aromatic rings. The number of methoxy groups -OCH3 is 1. The molecule has 0 radical (unpaired) electrons. The second-order valence-corrected chi connectivity index (χ2v) is 6.61. The van der Waals surface area contributed by atoms with Crippen molar-refractivity contribution in [3.63, 3.8) is 0 Å². The molecule has 0 spiro atoms. The number of piperidine rings is 1. The van der Waals surface area contributed by atoms with E-state index < -0.39 is 5.97 Å². The molecule has 0 bridgehead atoms. The van der Waals surface area contributed by atoms with Gasteiger partial charge in [-0.15, -0.1) is 0 Å². The first kappa shape index (κ1) is 18.3. The van der Waals surface area contributed by atoms with Gasteiger partial charge in [0.1, 0.15) is 5.75 Å². The summed E-state index contributed by atoms with van der Waals surface area (Å²) in [6, 6.07) is 10.5. The molecule has 136 valence electrons. The summed E-state index contributed by atoms with van der Waals surface area (Å²) >= 11 is 6.12. The molecule has 0 amide bonds. The average Bonchev–Trinajstić information content (AvgIpc) is 2.67. The molecule has 1 fully saturated rings. The fourth-order valence-electron chi connectivity index (χ4n) is 3.04. The van der Waals surface area contributed by atoms with Crippen LogP contribution in [0.2, 0.25) is 5.02 Å². The van der Waals surface area contributed by atoms with Crippen LogP contribution in [0, 0.1) is 0 Å². The normalized spacial score (nSPS) is 14.6. The third kappa shape index (κ3) is 4.17. The highest BCUT2D eigenvalue weighted by Gasteiger charge is 2.13. The van der Waals surface area contributed by atoms with E-state index in [0.29, 0.717) is 10.7 Å². The van der Waals surface area contributed by atoms with E-state index in [0.717, 1.165) is 30.1 Å². The highest BCUT2D eigenvalue weighted by atomic mass is 35.5. The summed E-state index contributed by atoms with van der Waals surface area (Å²) in [5, 5.41) is 9.50. The van der Waals surface area contributed by atoms with E-state index in [1.165, 1.54) is 37.5 Å². The van der Waals surface area contributed by atoms with Crippen LogP contribution >= 0.6 is 11.6 Å². The molecule has 1 aliphatic rings. The van der Waals surface area contributed by atoms with Gasteiger partial charge in [0, 0.05) is 36.6 Å². The number of hydrogen-bond donors (Lipinski definition) is 1. The fourth-order valence-corrected chi connectivity index (χ4v) is 3.21. The van der Waals surface area contributed by atoms with Crippen molar-refractivity contribution in [3.05, 3.63) is 52.5 Å². The summed E-state index contributed by atoms with van der Waals surface area (Å²) < 4.78 is 5.51. The second-order valence-electron chi connectivity index (χ2n) is 6.20. The van der Waals surface area contributed by atoms with E-state index in [2.05, 4.69) is 16.0 Å². The molecular formula is C20H21ClN2O3. The van der Waals surface area contributed by atoms with Crippen LogP contribution in [0.15, 0.2) is 41.4 Å². The Morgan fingerprint density at radius 2 is 1.96 bits per heavy atom. The Bertz CT molecular complexity index is 830. The first-order valence-electron chi connectivity index (χ1n) is 8.58. The van der Waals surface area contributed by atoms with Crippen LogP contribution in [0.1, 0.15) is 35.2 Å². The van der Waals surface area contributed by atoms with Crippen molar-refractivity contribution in [2.45, 2.75) is 19.3 Å². The fraction of sp³-hybridized carbons (Fsp3) is 0.300. The number of ether oxygens (including phenoxy) is 1. The maximum atomic E-state index is 11.1. The Balaban J connectivity index is 1.86. The number of carbonyl (C=O) groups is 1. The van der Waals surface area contributed by atoms with Gasteiger partial charge in [0.05, 0.1) is 23.4 Å². The largest absolute Gasteiger partial charge is 0.496 e. The zero-order chi connectivity index (χ0) is 18.5. The topological polar surface area (TPSA) is 62.1 Å². The van der Waals surface area contributed by atoms with E-state index >= 15 is 0 Å². The van der Waals surface area contributed by atoms with Gasteiger partial charge in [-0.3, -0.25) is 4.99 Å². The standard InChI is InChI=1S/C20H21ClN2O3/c1-26-19-12-16(23-9-3-2-4-10-23)7-5-15(19)13-22-18-11-14(20(24)25)6-8-17(18)21/h5-8,11-13H,2-4,9-10H2,1H3,(H,24,25). The predicted octanol–water partition coefficient (Wildman–Crippen LogP) is 4.79. The van der Waals surface area contributed by atoms with E-state index in [9.17, 15) is 4.79 Å². The van der Waals surface area contributed by atoms with Crippen molar-refractivity contribution in [3.8, 4) is 5.75 Å². The minimum atomic E-state index is -1.01. The van der Waals surface area contributed by atoms with Gasteiger partial charge < -0.3 is 14.7 Å². The molecule has 26 heavy (non-hydrogen) atoms. The van der Waals surface area contributed by atoms with Gasteiger partial charge in [0.2, 0.25) is 0 Å². The van der Waals surface area contributed by atoms with Crippen molar-refractivity contribution >= 4 is 35.2 Å². The van der Waals surface area contributed by atoms with Crippen molar-refractivity contribution in [1.29, 1.82) is 0 Å². The van der Waals surface area contributed by atoms with Crippen LogP contribution in [-0.4, -0.2) is 37.5 Å². The van der Waals surface area contributed by atoms with Gasteiger partial charge in [0.25, 0.3) is 0 Å².